The van der Waals surface area contributed by atoms with Gasteiger partial charge < -0.3 is 15.4 Å². The molecule has 2 N–H and O–H groups in total. The third-order valence-electron chi connectivity index (χ3n) is 3.74. The molecular weight excluding hydrogens is 450 g/mol. The van der Waals surface area contributed by atoms with Gasteiger partial charge >= 0.3 is 0 Å². The highest BCUT2D eigenvalue weighted by atomic mass is 32.2. The molecule has 0 saturated carbocycles. The first-order valence-electron chi connectivity index (χ1n) is 8.70. The molecule has 11 heteroatoms. The molecule has 0 aliphatic carbocycles. The smallest absolute Gasteiger partial charge is 0.288 e. The van der Waals surface area contributed by atoms with Gasteiger partial charge in [0.25, 0.3) is 5.76 Å². The van der Waals surface area contributed by atoms with Crippen LogP contribution in [0.3, 0.4) is 0 Å². The number of amides is 1. The number of alkyl halides is 2. The number of carbonyl (C=O) groups excluding carboxylic acids is 1. The average molecular weight is 469 g/mol. The van der Waals surface area contributed by atoms with Crippen molar-refractivity contribution in [1.29, 1.82) is 0 Å². The van der Waals surface area contributed by atoms with Gasteiger partial charge in [-0.05, 0) is 55.5 Å². The Kier molecular flexibility index (Phi) is 7.88. The summed E-state index contributed by atoms with van der Waals surface area (Å²) in [7, 11) is 1.58. The molecule has 1 aromatic heterocycles. The van der Waals surface area contributed by atoms with Gasteiger partial charge in [-0.15, -0.1) is 10.2 Å². The Morgan fingerprint density at radius 3 is 2.33 bits per heavy atom. The monoisotopic (exact) mass is 468 g/mol. The van der Waals surface area contributed by atoms with Crippen LogP contribution in [0, 0.1) is 0 Å². The molecule has 2 aromatic carbocycles. The van der Waals surface area contributed by atoms with Crippen LogP contribution in [0.2, 0.25) is 0 Å². The number of carbonyl (C=O) groups is 1. The minimum atomic E-state index is -2.45. The summed E-state index contributed by atoms with van der Waals surface area (Å²) in [6, 6.07) is 13.7. The van der Waals surface area contributed by atoms with E-state index in [0.29, 0.717) is 43.3 Å². The van der Waals surface area contributed by atoms with E-state index in [2.05, 4.69) is 20.8 Å². The van der Waals surface area contributed by atoms with Crippen molar-refractivity contribution in [3.05, 3.63) is 48.5 Å². The maximum Gasteiger partial charge on any atom is 0.288 e. The van der Waals surface area contributed by atoms with Crippen LogP contribution in [-0.2, 0) is 4.79 Å². The van der Waals surface area contributed by atoms with Crippen LogP contribution in [-0.4, -0.2) is 34.2 Å². The summed E-state index contributed by atoms with van der Waals surface area (Å²) in [4.78, 5) is 12.9. The molecule has 0 aliphatic heterocycles. The molecule has 3 aromatic rings. The molecule has 0 bridgehead atoms. The summed E-state index contributed by atoms with van der Waals surface area (Å²) in [5.74, 6) is -1.89. The second-order valence-corrected chi connectivity index (χ2v) is 9.51. The van der Waals surface area contributed by atoms with Gasteiger partial charge in [0.15, 0.2) is 4.34 Å². The quantitative estimate of drug-likeness (QED) is 0.389. The zero-order chi connectivity index (χ0) is 21.5. The summed E-state index contributed by atoms with van der Waals surface area (Å²) < 4.78 is 30.5. The Hall–Kier alpha value is -2.37. The van der Waals surface area contributed by atoms with Crippen LogP contribution >= 0.6 is 34.9 Å². The van der Waals surface area contributed by atoms with Crippen LogP contribution in [0.4, 0.5) is 25.3 Å². The topological polar surface area (TPSA) is 76.1 Å². The number of benzene rings is 2. The molecule has 1 amide bonds. The van der Waals surface area contributed by atoms with Crippen molar-refractivity contribution in [1.82, 2.24) is 10.2 Å². The van der Waals surface area contributed by atoms with Gasteiger partial charge in [-0.1, -0.05) is 34.9 Å². The summed E-state index contributed by atoms with van der Waals surface area (Å²) in [6.07, 6.45) is 0. The van der Waals surface area contributed by atoms with Crippen molar-refractivity contribution >= 4 is 57.3 Å². The number of rotatable bonds is 9. The lowest BCUT2D eigenvalue weighted by molar-refractivity contribution is -0.115. The predicted molar refractivity (Wildman–Crippen MR) is 118 cm³/mol. The molecule has 1 heterocycles. The summed E-state index contributed by atoms with van der Waals surface area (Å²) in [6.45, 7) is 1.79. The molecule has 0 saturated heterocycles. The van der Waals surface area contributed by atoms with E-state index in [4.69, 9.17) is 4.74 Å². The van der Waals surface area contributed by atoms with E-state index < -0.39 is 5.76 Å². The number of nitrogens with one attached hydrogen (secondary N) is 2. The van der Waals surface area contributed by atoms with Gasteiger partial charge in [-0.25, -0.2) is 0 Å². The van der Waals surface area contributed by atoms with Gasteiger partial charge in [0.2, 0.25) is 11.0 Å². The van der Waals surface area contributed by atoms with Crippen molar-refractivity contribution in [2.45, 2.75) is 27.2 Å². The molecule has 30 heavy (non-hydrogen) atoms. The number of halogens is 2. The Labute approximate surface area is 184 Å². The molecule has 0 fully saturated rings. The first kappa shape index (κ1) is 22.3. The molecule has 158 valence electrons. The maximum absolute atomic E-state index is 12.4. The zero-order valence-corrected chi connectivity index (χ0v) is 18.4. The number of methoxy groups -OCH3 is 1. The number of ether oxygens (including phenoxy) is 1. The van der Waals surface area contributed by atoms with E-state index >= 15 is 0 Å². The van der Waals surface area contributed by atoms with E-state index in [0.717, 1.165) is 0 Å². The minimum Gasteiger partial charge on any atom is -0.497 e. The van der Waals surface area contributed by atoms with E-state index in [9.17, 15) is 13.6 Å². The highest BCUT2D eigenvalue weighted by Crippen LogP contribution is 2.32. The lowest BCUT2D eigenvalue weighted by Gasteiger charge is -2.10. The number of thioether (sulfide) groups is 2. The maximum atomic E-state index is 12.4. The predicted octanol–water partition coefficient (Wildman–Crippen LogP) is 5.72. The fraction of sp³-hybridized carbons (Fsp3) is 0.211. The fourth-order valence-electron chi connectivity index (χ4n) is 2.27. The molecule has 0 radical (unpaired) electrons. The highest BCUT2D eigenvalue weighted by Gasteiger charge is 2.17. The van der Waals surface area contributed by atoms with Gasteiger partial charge in [-0.2, -0.15) is 8.78 Å². The van der Waals surface area contributed by atoms with Gasteiger partial charge in [0, 0.05) is 16.3 Å². The third-order valence-corrected chi connectivity index (χ3v) is 6.49. The first-order chi connectivity index (χ1) is 14.4. The van der Waals surface area contributed by atoms with Crippen LogP contribution in [0.5, 0.6) is 5.75 Å². The lowest BCUT2D eigenvalue weighted by atomic mass is 10.3. The normalized spacial score (nSPS) is 11.9. The van der Waals surface area contributed by atoms with Gasteiger partial charge in [0.05, 0.1) is 12.4 Å². The van der Waals surface area contributed by atoms with Gasteiger partial charge in [0.1, 0.15) is 5.75 Å². The molecule has 1 atom stereocenters. The largest absolute Gasteiger partial charge is 0.497 e. The number of hydrogen-bond donors (Lipinski definition) is 2. The second-order valence-electron chi connectivity index (χ2n) is 5.88. The van der Waals surface area contributed by atoms with Crippen LogP contribution in [0.25, 0.3) is 0 Å². The van der Waals surface area contributed by atoms with Crippen LogP contribution in [0.15, 0.2) is 57.8 Å². The highest BCUT2D eigenvalue weighted by molar-refractivity contribution is 8.02. The number of anilines is 3. The number of aromatic nitrogens is 2. The summed E-state index contributed by atoms with van der Waals surface area (Å²) >= 11 is 3.10. The van der Waals surface area contributed by atoms with Crippen molar-refractivity contribution < 1.29 is 18.3 Å². The lowest BCUT2D eigenvalue weighted by Crippen LogP contribution is -2.22. The molecule has 3 rings (SSSR count). The molecular formula is C19H18F2N4O2S3. The van der Waals surface area contributed by atoms with Crippen LogP contribution < -0.4 is 15.4 Å². The Balaban J connectivity index is 1.53. The SMILES string of the molecule is COc1ccc(NC(=O)C(C)Sc2nnc(Nc3ccc(SC(F)F)cc3)s2)cc1. The number of nitrogens with zero attached hydrogens (tertiary/aromatic N) is 2. The van der Waals surface area contributed by atoms with E-state index in [1.165, 1.54) is 23.1 Å². The standard InChI is InChI=1S/C19H18F2N4O2S3/c1-11(16(26)22-12-3-7-14(27-2)8-4-12)28-19-25-24-18(30-19)23-13-5-9-15(10-6-13)29-17(20)21/h3-11,17H,1-2H3,(H,22,26)(H,23,24). The Bertz CT molecular complexity index is 969. The second kappa shape index (κ2) is 10.6. The van der Waals surface area contributed by atoms with E-state index in [1.54, 1.807) is 62.6 Å². The Morgan fingerprint density at radius 2 is 1.70 bits per heavy atom. The van der Waals surface area contributed by atoms with Crippen molar-refractivity contribution in [3.63, 3.8) is 0 Å². The molecule has 6 nitrogen and oxygen atoms in total. The molecule has 0 aliphatic rings. The zero-order valence-electron chi connectivity index (χ0n) is 16.0. The van der Waals surface area contributed by atoms with Crippen molar-refractivity contribution in [3.8, 4) is 5.75 Å². The van der Waals surface area contributed by atoms with E-state index in [1.807, 2.05) is 0 Å². The van der Waals surface area contributed by atoms with Crippen molar-refractivity contribution in [2.24, 2.45) is 0 Å². The third kappa shape index (κ3) is 6.57. The molecule has 0 spiro atoms. The number of hydrogen-bond acceptors (Lipinski definition) is 8. The Morgan fingerprint density at radius 1 is 1.03 bits per heavy atom. The van der Waals surface area contributed by atoms with E-state index in [-0.39, 0.29) is 11.2 Å². The fourth-order valence-corrected chi connectivity index (χ4v) is 4.69. The summed E-state index contributed by atoms with van der Waals surface area (Å²) in [5.41, 5.74) is 1.40. The van der Waals surface area contributed by atoms with Crippen LogP contribution in [0.1, 0.15) is 6.92 Å². The minimum absolute atomic E-state index is 0.151. The molecule has 1 unspecified atom stereocenters. The van der Waals surface area contributed by atoms with Crippen molar-refractivity contribution in [2.75, 3.05) is 17.7 Å². The van der Waals surface area contributed by atoms with Gasteiger partial charge in [-0.3, -0.25) is 4.79 Å². The average Bonchev–Trinajstić information content (AvgIpc) is 3.16. The first-order valence-corrected chi connectivity index (χ1v) is 11.3. The summed E-state index contributed by atoms with van der Waals surface area (Å²) in [5, 5.41) is 14.3.